The zero-order valence-electron chi connectivity index (χ0n) is 29.2. The summed E-state index contributed by atoms with van der Waals surface area (Å²) in [6.07, 6.45) is 2.95. The van der Waals surface area contributed by atoms with Crippen molar-refractivity contribution in [2.45, 2.75) is 84.5 Å². The number of morpholine rings is 1. The number of rotatable bonds is 17. The molecule has 0 spiro atoms. The Morgan fingerprint density at radius 1 is 1.15 bits per heavy atom. The van der Waals surface area contributed by atoms with Crippen molar-refractivity contribution < 1.29 is 28.7 Å². The van der Waals surface area contributed by atoms with E-state index in [0.717, 1.165) is 22.9 Å². The van der Waals surface area contributed by atoms with E-state index in [9.17, 15) is 19.2 Å². The molecule has 2 saturated heterocycles. The Balaban J connectivity index is 1.48. The quantitative estimate of drug-likeness (QED) is 0.229. The summed E-state index contributed by atoms with van der Waals surface area (Å²) in [5, 5.41) is 8.23. The van der Waals surface area contributed by atoms with Gasteiger partial charge in [0.15, 0.2) is 11.9 Å². The van der Waals surface area contributed by atoms with Gasteiger partial charge in [0.25, 0.3) is 5.91 Å². The van der Waals surface area contributed by atoms with Crippen LogP contribution in [-0.2, 0) is 30.3 Å². The minimum absolute atomic E-state index is 0.0207. The van der Waals surface area contributed by atoms with Crippen LogP contribution in [0.4, 0.5) is 0 Å². The number of carbonyl (C=O) groups is 4. The molecule has 266 valence electrons. The molecule has 0 radical (unpaired) electrons. The van der Waals surface area contributed by atoms with Gasteiger partial charge in [-0.3, -0.25) is 24.1 Å². The molecular formula is C34H51N5O6S3. The number of hydrogen-bond donors (Lipinski definition) is 1. The number of likely N-dealkylation sites (N-methyl/N-ethyl adjacent to an activating group) is 1. The van der Waals surface area contributed by atoms with Crippen LogP contribution in [0.3, 0.4) is 0 Å². The molecule has 0 unspecified atom stereocenters. The lowest BCUT2D eigenvalue weighted by Crippen LogP contribution is -2.51. The van der Waals surface area contributed by atoms with Crippen molar-refractivity contribution in [1.82, 2.24) is 25.1 Å². The molecule has 2 fully saturated rings. The molecule has 0 aromatic carbocycles. The Hall–Kier alpha value is -2.39. The number of carbonyl (C=O) groups excluding carboxylic acids is 4. The van der Waals surface area contributed by atoms with E-state index in [4.69, 9.17) is 9.47 Å². The summed E-state index contributed by atoms with van der Waals surface area (Å²) >= 11 is 4.63. The highest BCUT2D eigenvalue weighted by Gasteiger charge is 2.41. The summed E-state index contributed by atoms with van der Waals surface area (Å²) in [6, 6.07) is -0.739. The Morgan fingerprint density at radius 2 is 1.90 bits per heavy atom. The molecule has 0 aliphatic carbocycles. The fraction of sp³-hybridized carbons (Fsp3) is 0.706. The highest BCUT2D eigenvalue weighted by atomic mass is 32.2. The van der Waals surface area contributed by atoms with Crippen LogP contribution in [0.1, 0.15) is 80.5 Å². The molecule has 0 saturated carbocycles. The van der Waals surface area contributed by atoms with Gasteiger partial charge >= 0.3 is 5.97 Å². The minimum atomic E-state index is -0.745. The molecule has 5 atom stereocenters. The van der Waals surface area contributed by atoms with Gasteiger partial charge in [0.05, 0.1) is 24.3 Å². The van der Waals surface area contributed by atoms with E-state index in [0.29, 0.717) is 43.5 Å². The summed E-state index contributed by atoms with van der Waals surface area (Å²) in [5.74, 6) is 1.03. The van der Waals surface area contributed by atoms with Crippen LogP contribution in [-0.4, -0.2) is 107 Å². The van der Waals surface area contributed by atoms with Crippen molar-refractivity contribution in [3.63, 3.8) is 0 Å². The van der Waals surface area contributed by atoms with Gasteiger partial charge in [-0.2, -0.15) is 11.8 Å². The zero-order chi connectivity index (χ0) is 35.0. The third kappa shape index (κ3) is 10.6. The van der Waals surface area contributed by atoms with E-state index < -0.39 is 18.0 Å². The van der Waals surface area contributed by atoms with Crippen molar-refractivity contribution >= 4 is 58.0 Å². The van der Waals surface area contributed by atoms with Crippen molar-refractivity contribution in [2.75, 3.05) is 45.4 Å². The number of thiazole rings is 2. The maximum absolute atomic E-state index is 14.2. The molecule has 4 heterocycles. The summed E-state index contributed by atoms with van der Waals surface area (Å²) in [7, 11) is 3.71. The standard InChI is InChI=1S/C34H51N5O6S3/c1-20(2)12-24(13-31-35-8-11-47-31)36-32(42)26-19-48-33(37-26)30(45-22(5)40)15-27(21(3)4)39(7)34(43)25(23-17-46-18-23)14-29(41)28-16-44-10-9-38(28)6/h8,11,19-21,23-25,27-28,30H,9-10,12-18H2,1-7H3,(H,36,42)/t24-,25+,27-,28-,30-/m1/s1. The van der Waals surface area contributed by atoms with Crippen LogP contribution in [0.25, 0.3) is 0 Å². The van der Waals surface area contributed by atoms with Crippen LogP contribution in [0.2, 0.25) is 0 Å². The third-order valence-electron chi connectivity index (χ3n) is 9.14. The first-order valence-corrected chi connectivity index (χ1v) is 19.7. The highest BCUT2D eigenvalue weighted by Crippen LogP contribution is 2.37. The van der Waals surface area contributed by atoms with Gasteiger partial charge in [0.1, 0.15) is 10.7 Å². The van der Waals surface area contributed by atoms with Crippen LogP contribution in [0.5, 0.6) is 0 Å². The Kier molecular flexibility index (Phi) is 14.4. The number of ether oxygens (including phenoxy) is 2. The van der Waals surface area contributed by atoms with E-state index in [1.807, 2.05) is 31.2 Å². The maximum atomic E-state index is 14.2. The van der Waals surface area contributed by atoms with Gasteiger partial charge in [0, 0.05) is 74.7 Å². The Morgan fingerprint density at radius 3 is 2.48 bits per heavy atom. The normalized spacial score (nSPS) is 19.7. The van der Waals surface area contributed by atoms with Gasteiger partial charge < -0.3 is 19.7 Å². The lowest BCUT2D eigenvalue weighted by atomic mass is 9.85. The van der Waals surface area contributed by atoms with E-state index >= 15 is 0 Å². The molecule has 48 heavy (non-hydrogen) atoms. The summed E-state index contributed by atoms with van der Waals surface area (Å²) in [4.78, 5) is 66.1. The smallest absolute Gasteiger partial charge is 0.303 e. The Labute approximate surface area is 296 Å². The van der Waals surface area contributed by atoms with Gasteiger partial charge in [-0.1, -0.05) is 27.7 Å². The first-order valence-electron chi connectivity index (χ1n) is 16.8. The molecule has 2 amide bonds. The first-order chi connectivity index (χ1) is 22.8. The molecule has 0 bridgehead atoms. The van der Waals surface area contributed by atoms with Crippen LogP contribution < -0.4 is 5.32 Å². The fourth-order valence-corrected chi connectivity index (χ4v) is 8.88. The number of Topliss-reactive ketones (excluding diaryl/α,β-unsaturated/α-hetero) is 1. The summed E-state index contributed by atoms with van der Waals surface area (Å²) in [6.45, 7) is 11.3. The number of ketones is 1. The predicted molar refractivity (Wildman–Crippen MR) is 190 cm³/mol. The molecular weight excluding hydrogens is 671 g/mol. The topological polar surface area (TPSA) is 131 Å². The average Bonchev–Trinajstić information content (AvgIpc) is 3.69. The van der Waals surface area contributed by atoms with E-state index in [2.05, 4.69) is 29.1 Å². The van der Waals surface area contributed by atoms with Gasteiger partial charge in [-0.15, -0.1) is 22.7 Å². The minimum Gasteiger partial charge on any atom is -0.455 e. The molecule has 2 aliphatic heterocycles. The van der Waals surface area contributed by atoms with Crippen LogP contribution in [0, 0.1) is 23.7 Å². The van der Waals surface area contributed by atoms with Crippen LogP contribution in [0.15, 0.2) is 17.0 Å². The Bertz CT molecular complexity index is 1360. The van der Waals surface area contributed by atoms with Crippen LogP contribution >= 0.6 is 34.4 Å². The molecule has 2 aromatic heterocycles. The summed E-state index contributed by atoms with van der Waals surface area (Å²) < 4.78 is 11.4. The van der Waals surface area contributed by atoms with E-state index in [-0.39, 0.29) is 59.7 Å². The predicted octanol–water partition coefficient (Wildman–Crippen LogP) is 4.73. The molecule has 2 aromatic rings. The number of esters is 1. The van der Waals surface area contributed by atoms with Gasteiger partial charge in [0.2, 0.25) is 5.91 Å². The monoisotopic (exact) mass is 721 g/mol. The second-order valence-electron chi connectivity index (χ2n) is 13.7. The first kappa shape index (κ1) is 38.4. The average molecular weight is 722 g/mol. The third-order valence-corrected chi connectivity index (χ3v) is 12.2. The second kappa shape index (κ2) is 18.0. The molecule has 14 heteroatoms. The number of amides is 2. The van der Waals surface area contributed by atoms with Gasteiger partial charge in [-0.05, 0) is 42.7 Å². The molecule has 2 aliphatic rings. The van der Waals surface area contributed by atoms with Crippen molar-refractivity contribution in [3.05, 3.63) is 32.7 Å². The number of nitrogens with zero attached hydrogens (tertiary/aromatic N) is 4. The second-order valence-corrected chi connectivity index (χ2v) is 16.7. The molecule has 1 N–H and O–H groups in total. The van der Waals surface area contributed by atoms with Gasteiger partial charge in [-0.25, -0.2) is 9.97 Å². The lowest BCUT2D eigenvalue weighted by molar-refractivity contribution is -0.149. The highest BCUT2D eigenvalue weighted by molar-refractivity contribution is 8.00. The van der Waals surface area contributed by atoms with E-state index in [1.165, 1.54) is 18.3 Å². The maximum Gasteiger partial charge on any atom is 0.303 e. The van der Waals surface area contributed by atoms with Crippen molar-refractivity contribution in [3.8, 4) is 0 Å². The fourth-order valence-electron chi connectivity index (χ4n) is 6.37. The SMILES string of the molecule is CC(=O)O[C@H](C[C@H](C(C)C)N(C)C(=O)[C@@H](CC(=O)[C@H]1COCCN1C)C1CSC1)c1nc(C(=O)N[C@@H](Cc2nccs2)CC(C)C)cs1. The summed E-state index contributed by atoms with van der Waals surface area (Å²) in [5.41, 5.74) is 0.267. The largest absolute Gasteiger partial charge is 0.455 e. The molecule has 11 nitrogen and oxygen atoms in total. The zero-order valence-corrected chi connectivity index (χ0v) is 31.6. The number of hydrogen-bond acceptors (Lipinski definition) is 12. The molecule has 4 rings (SSSR count). The number of nitrogens with one attached hydrogen (secondary N) is 1. The number of thioether (sulfide) groups is 1. The van der Waals surface area contributed by atoms with Crippen molar-refractivity contribution in [1.29, 1.82) is 0 Å². The van der Waals surface area contributed by atoms with Crippen molar-refractivity contribution in [2.24, 2.45) is 23.7 Å². The van der Waals surface area contributed by atoms with E-state index in [1.54, 1.807) is 46.6 Å². The lowest BCUT2D eigenvalue weighted by Gasteiger charge is -2.40. The number of aromatic nitrogens is 2.